The van der Waals surface area contributed by atoms with Gasteiger partial charge in [-0.1, -0.05) is 0 Å². The summed E-state index contributed by atoms with van der Waals surface area (Å²) in [7, 11) is 3.00. The van der Waals surface area contributed by atoms with Gasteiger partial charge in [-0.2, -0.15) is 0 Å². The maximum absolute atomic E-state index is 13.9. The molecule has 0 radical (unpaired) electrons. The number of carbonyl (C=O) groups excluding carboxylic acids is 2. The van der Waals surface area contributed by atoms with Crippen LogP contribution in [-0.2, 0) is 16.1 Å². The van der Waals surface area contributed by atoms with Gasteiger partial charge in [0.15, 0.2) is 0 Å². The summed E-state index contributed by atoms with van der Waals surface area (Å²) < 4.78 is 32.3. The van der Waals surface area contributed by atoms with Gasteiger partial charge >= 0.3 is 6.03 Å². The Balaban J connectivity index is 1.80. The summed E-state index contributed by atoms with van der Waals surface area (Å²) in [6.45, 7) is 1.64. The number of likely N-dealkylation sites (tertiary alicyclic amines) is 1. The highest BCUT2D eigenvalue weighted by Gasteiger charge is 2.58. The van der Waals surface area contributed by atoms with Gasteiger partial charge in [0.1, 0.15) is 17.2 Å². The second-order valence-electron chi connectivity index (χ2n) is 6.52. The van der Waals surface area contributed by atoms with Crippen molar-refractivity contribution in [1.29, 1.82) is 0 Å². The van der Waals surface area contributed by atoms with Crippen LogP contribution in [-0.4, -0.2) is 72.6 Å². The van der Waals surface area contributed by atoms with Crippen molar-refractivity contribution in [2.45, 2.75) is 18.5 Å². The van der Waals surface area contributed by atoms with Crippen LogP contribution in [0.3, 0.4) is 0 Å². The van der Waals surface area contributed by atoms with Gasteiger partial charge in [0.2, 0.25) is 0 Å². The number of imide groups is 1. The Bertz CT molecular complexity index is 700. The third-order valence-electron chi connectivity index (χ3n) is 4.98. The van der Waals surface area contributed by atoms with Crippen LogP contribution in [0.15, 0.2) is 18.2 Å². The molecule has 1 atom stereocenters. The van der Waals surface area contributed by atoms with Crippen molar-refractivity contribution in [3.63, 3.8) is 0 Å². The molecular weight excluding hydrogens is 332 g/mol. The minimum absolute atomic E-state index is 0.189. The molecule has 2 saturated heterocycles. The molecule has 0 aliphatic carbocycles. The fourth-order valence-electron chi connectivity index (χ4n) is 3.68. The van der Waals surface area contributed by atoms with Gasteiger partial charge < -0.3 is 9.64 Å². The van der Waals surface area contributed by atoms with Gasteiger partial charge in [0.05, 0.1) is 6.61 Å². The summed E-state index contributed by atoms with van der Waals surface area (Å²) in [5, 5.41) is 0. The zero-order chi connectivity index (χ0) is 18.2. The summed E-state index contributed by atoms with van der Waals surface area (Å²) >= 11 is 0. The van der Waals surface area contributed by atoms with Gasteiger partial charge in [0, 0.05) is 45.9 Å². The molecule has 1 aromatic rings. The second-order valence-corrected chi connectivity index (χ2v) is 6.52. The monoisotopic (exact) mass is 353 g/mol. The predicted molar refractivity (Wildman–Crippen MR) is 85.7 cm³/mol. The highest BCUT2D eigenvalue weighted by atomic mass is 19.1. The first kappa shape index (κ1) is 17.8. The number of urea groups is 1. The van der Waals surface area contributed by atoms with E-state index in [1.165, 1.54) is 14.2 Å². The molecule has 3 rings (SSSR count). The van der Waals surface area contributed by atoms with Gasteiger partial charge in [-0.25, -0.2) is 13.6 Å². The quantitative estimate of drug-likeness (QED) is 0.752. The number of nitrogens with zero attached hydrogens (tertiary/aromatic N) is 3. The number of rotatable bonds is 5. The first-order valence-electron chi connectivity index (χ1n) is 8.14. The molecule has 2 fully saturated rings. The lowest BCUT2D eigenvalue weighted by atomic mass is 9.97. The molecule has 0 aromatic heterocycles. The number of likely N-dealkylation sites (N-methyl/N-ethyl adjacent to an activating group) is 1. The van der Waals surface area contributed by atoms with Gasteiger partial charge in [0.25, 0.3) is 5.91 Å². The van der Waals surface area contributed by atoms with Crippen molar-refractivity contribution in [2.75, 3.05) is 40.4 Å². The Hall–Kier alpha value is -2.06. The molecule has 1 spiro atoms. The lowest BCUT2D eigenvalue weighted by molar-refractivity contribution is -0.132. The second kappa shape index (κ2) is 6.68. The highest BCUT2D eigenvalue weighted by Crippen LogP contribution is 2.36. The summed E-state index contributed by atoms with van der Waals surface area (Å²) in [5.41, 5.74) is -0.709. The van der Waals surface area contributed by atoms with Crippen LogP contribution in [0.5, 0.6) is 0 Å². The Morgan fingerprint density at radius 3 is 2.76 bits per heavy atom. The fourth-order valence-corrected chi connectivity index (χ4v) is 3.68. The third kappa shape index (κ3) is 3.00. The summed E-state index contributed by atoms with van der Waals surface area (Å²) in [5.74, 6) is -1.24. The molecule has 1 unspecified atom stereocenters. The van der Waals surface area contributed by atoms with E-state index in [-0.39, 0.29) is 24.0 Å². The van der Waals surface area contributed by atoms with Crippen LogP contribution in [0.4, 0.5) is 13.6 Å². The molecule has 2 aliphatic rings. The van der Waals surface area contributed by atoms with E-state index in [1.807, 2.05) is 4.90 Å². The lowest BCUT2D eigenvalue weighted by Crippen LogP contribution is -2.52. The van der Waals surface area contributed by atoms with Crippen molar-refractivity contribution < 1.29 is 23.1 Å². The number of benzene rings is 1. The fraction of sp³-hybridized carbons (Fsp3) is 0.529. The average Bonchev–Trinajstić information content (AvgIpc) is 3.07. The Kier molecular flexibility index (Phi) is 4.75. The molecule has 2 heterocycles. The van der Waals surface area contributed by atoms with Crippen LogP contribution in [0.2, 0.25) is 0 Å². The molecule has 0 N–H and O–H groups in total. The molecule has 1 aromatic carbocycles. The Morgan fingerprint density at radius 2 is 2.04 bits per heavy atom. The van der Waals surface area contributed by atoms with Crippen molar-refractivity contribution in [3.05, 3.63) is 35.4 Å². The molecule has 2 aliphatic heterocycles. The molecule has 0 saturated carbocycles. The summed E-state index contributed by atoms with van der Waals surface area (Å²) in [4.78, 5) is 29.6. The largest absolute Gasteiger partial charge is 0.383 e. The van der Waals surface area contributed by atoms with E-state index in [1.54, 1.807) is 4.90 Å². The molecule has 8 heteroatoms. The first-order valence-corrected chi connectivity index (χ1v) is 8.14. The average molecular weight is 353 g/mol. The van der Waals surface area contributed by atoms with Gasteiger partial charge in [-0.3, -0.25) is 14.6 Å². The number of halogens is 2. The topological polar surface area (TPSA) is 53.1 Å². The zero-order valence-electron chi connectivity index (χ0n) is 14.3. The van der Waals surface area contributed by atoms with Crippen LogP contribution < -0.4 is 0 Å². The number of methoxy groups -OCH3 is 1. The lowest BCUT2D eigenvalue weighted by Gasteiger charge is -2.31. The van der Waals surface area contributed by atoms with E-state index in [4.69, 9.17) is 4.74 Å². The van der Waals surface area contributed by atoms with Crippen LogP contribution in [0.1, 0.15) is 12.0 Å². The third-order valence-corrected chi connectivity index (χ3v) is 4.98. The Labute approximate surface area is 144 Å². The first-order chi connectivity index (χ1) is 11.9. The van der Waals surface area contributed by atoms with Crippen LogP contribution in [0, 0.1) is 11.6 Å². The number of amides is 3. The van der Waals surface area contributed by atoms with Crippen molar-refractivity contribution in [1.82, 2.24) is 14.7 Å². The molecule has 136 valence electrons. The molecule has 0 bridgehead atoms. The number of ether oxygens (including phenoxy) is 1. The standard InChI is InChI=1S/C17H21F2N3O3/c1-20-15(23)17(22(16(20)24)7-8-25-2)5-6-21(11-17)10-12-9-13(18)3-4-14(12)19/h3-4,9H,5-8,10-11H2,1-2H3. The van der Waals surface area contributed by atoms with E-state index in [0.717, 1.165) is 23.1 Å². The van der Waals surface area contributed by atoms with Crippen LogP contribution in [0.25, 0.3) is 0 Å². The Morgan fingerprint density at radius 1 is 1.28 bits per heavy atom. The summed E-state index contributed by atoms with van der Waals surface area (Å²) in [6, 6.07) is 2.99. The van der Waals surface area contributed by atoms with Gasteiger partial charge in [-0.05, 0) is 24.6 Å². The van der Waals surface area contributed by atoms with E-state index < -0.39 is 17.2 Å². The maximum Gasteiger partial charge on any atom is 0.327 e. The van der Waals surface area contributed by atoms with E-state index >= 15 is 0 Å². The highest BCUT2D eigenvalue weighted by molar-refractivity contribution is 6.07. The van der Waals surface area contributed by atoms with Crippen molar-refractivity contribution >= 4 is 11.9 Å². The number of carbonyl (C=O) groups is 2. The SMILES string of the molecule is COCCN1C(=O)N(C)C(=O)C12CCN(Cc1cc(F)ccc1F)C2. The van der Waals surface area contributed by atoms with Crippen molar-refractivity contribution in [2.24, 2.45) is 0 Å². The number of hydrogen-bond donors (Lipinski definition) is 0. The maximum atomic E-state index is 13.9. The van der Waals surface area contributed by atoms with Gasteiger partial charge in [-0.15, -0.1) is 0 Å². The smallest absolute Gasteiger partial charge is 0.327 e. The minimum atomic E-state index is -0.950. The predicted octanol–water partition coefficient (Wildman–Crippen LogP) is 1.45. The van der Waals surface area contributed by atoms with E-state index in [0.29, 0.717) is 32.7 Å². The van der Waals surface area contributed by atoms with Crippen molar-refractivity contribution in [3.8, 4) is 0 Å². The zero-order valence-corrected chi connectivity index (χ0v) is 14.3. The number of hydrogen-bond acceptors (Lipinski definition) is 4. The summed E-state index contributed by atoms with van der Waals surface area (Å²) in [6.07, 6.45) is 0.461. The normalized spacial score (nSPS) is 24.2. The molecular formula is C17H21F2N3O3. The minimum Gasteiger partial charge on any atom is -0.383 e. The van der Waals surface area contributed by atoms with E-state index in [9.17, 15) is 18.4 Å². The molecule has 25 heavy (non-hydrogen) atoms. The van der Waals surface area contributed by atoms with Crippen LogP contribution >= 0.6 is 0 Å². The van der Waals surface area contributed by atoms with E-state index in [2.05, 4.69) is 0 Å². The molecule has 3 amide bonds. The molecule has 6 nitrogen and oxygen atoms in total.